The fraction of sp³-hybridized carbons (Fsp3) is 0.933. The molecular weight excluding hydrogens is 240 g/mol. The van der Waals surface area contributed by atoms with E-state index in [2.05, 4.69) is 6.92 Å². The molecule has 1 aliphatic heterocycles. The first-order valence-corrected chi connectivity index (χ1v) is 7.84. The van der Waals surface area contributed by atoms with Gasteiger partial charge in [-0.05, 0) is 51.4 Å². The van der Waals surface area contributed by atoms with Gasteiger partial charge in [0.25, 0.3) is 0 Å². The Kier molecular flexibility index (Phi) is 5.64. The highest BCUT2D eigenvalue weighted by atomic mass is 16.5. The van der Waals surface area contributed by atoms with Crippen molar-refractivity contribution in [2.75, 3.05) is 19.7 Å². The Hall–Kier alpha value is -0.610. The quantitative estimate of drug-likeness (QED) is 0.829. The van der Waals surface area contributed by atoms with Crippen molar-refractivity contribution in [2.45, 2.75) is 64.0 Å². The summed E-state index contributed by atoms with van der Waals surface area (Å²) in [5.41, 5.74) is 5.91. The Balaban J connectivity index is 1.76. The van der Waals surface area contributed by atoms with E-state index < -0.39 is 0 Å². The number of likely N-dealkylation sites (N-methyl/N-ethyl adjacent to an activating group) is 1. The average molecular weight is 268 g/mol. The maximum absolute atomic E-state index is 12.4. The van der Waals surface area contributed by atoms with Crippen LogP contribution in [-0.4, -0.2) is 42.6 Å². The lowest BCUT2D eigenvalue weighted by Gasteiger charge is -2.29. The first-order chi connectivity index (χ1) is 9.19. The fourth-order valence-electron chi connectivity index (χ4n) is 3.21. The van der Waals surface area contributed by atoms with Gasteiger partial charge in [-0.2, -0.15) is 0 Å². The van der Waals surface area contributed by atoms with Crippen LogP contribution in [0.4, 0.5) is 0 Å². The third-order valence-electron chi connectivity index (χ3n) is 4.54. The third kappa shape index (κ3) is 4.46. The van der Waals surface area contributed by atoms with Gasteiger partial charge >= 0.3 is 0 Å². The van der Waals surface area contributed by atoms with Crippen molar-refractivity contribution < 1.29 is 9.53 Å². The molecule has 4 nitrogen and oxygen atoms in total. The Morgan fingerprint density at radius 1 is 1.26 bits per heavy atom. The van der Waals surface area contributed by atoms with Crippen LogP contribution < -0.4 is 5.73 Å². The molecule has 0 bridgehead atoms. The van der Waals surface area contributed by atoms with E-state index in [0.717, 1.165) is 58.2 Å². The summed E-state index contributed by atoms with van der Waals surface area (Å²) in [6.45, 7) is 4.49. The molecule has 1 aliphatic carbocycles. The Bertz CT molecular complexity index is 282. The van der Waals surface area contributed by atoms with Crippen molar-refractivity contribution in [3.63, 3.8) is 0 Å². The average Bonchev–Trinajstić information content (AvgIpc) is 2.91. The van der Waals surface area contributed by atoms with Crippen LogP contribution in [0.15, 0.2) is 0 Å². The molecule has 1 saturated heterocycles. The van der Waals surface area contributed by atoms with Gasteiger partial charge in [0.05, 0.1) is 6.10 Å². The summed E-state index contributed by atoms with van der Waals surface area (Å²) in [6, 6.07) is 0.362. The lowest BCUT2D eigenvalue weighted by molar-refractivity contribution is -0.133. The fourth-order valence-corrected chi connectivity index (χ4v) is 3.21. The van der Waals surface area contributed by atoms with E-state index in [1.165, 1.54) is 0 Å². The molecule has 1 saturated carbocycles. The molecule has 19 heavy (non-hydrogen) atoms. The molecule has 2 aliphatic rings. The Labute approximate surface area is 116 Å². The number of nitrogens with zero attached hydrogens (tertiary/aromatic N) is 1. The van der Waals surface area contributed by atoms with E-state index in [1.807, 2.05) is 4.90 Å². The molecule has 110 valence electrons. The van der Waals surface area contributed by atoms with Crippen molar-refractivity contribution in [1.82, 2.24) is 4.90 Å². The smallest absolute Gasteiger partial charge is 0.222 e. The minimum Gasteiger partial charge on any atom is -0.376 e. The molecule has 1 atom stereocenters. The van der Waals surface area contributed by atoms with Gasteiger partial charge in [-0.1, -0.05) is 0 Å². The van der Waals surface area contributed by atoms with Gasteiger partial charge in [0, 0.05) is 32.2 Å². The molecule has 2 N–H and O–H groups in total. The number of rotatable bonds is 5. The number of carbonyl (C=O) groups is 1. The van der Waals surface area contributed by atoms with E-state index in [0.29, 0.717) is 24.3 Å². The van der Waals surface area contributed by atoms with Gasteiger partial charge in [0.1, 0.15) is 0 Å². The molecule has 2 fully saturated rings. The van der Waals surface area contributed by atoms with Crippen LogP contribution in [0.2, 0.25) is 0 Å². The normalized spacial score (nSPS) is 31.4. The van der Waals surface area contributed by atoms with Crippen LogP contribution in [0.3, 0.4) is 0 Å². The van der Waals surface area contributed by atoms with Gasteiger partial charge in [0.15, 0.2) is 0 Å². The standard InChI is InChI=1S/C15H28N2O2/c1-2-17(11-14-4-3-9-19-14)15(18)10-12-5-7-13(16)8-6-12/h12-14H,2-11,16H2,1H3. The molecule has 1 heterocycles. The summed E-state index contributed by atoms with van der Waals surface area (Å²) in [4.78, 5) is 14.3. The second-order valence-electron chi connectivity index (χ2n) is 6.05. The maximum atomic E-state index is 12.4. The van der Waals surface area contributed by atoms with E-state index in [1.54, 1.807) is 0 Å². The van der Waals surface area contributed by atoms with Crippen molar-refractivity contribution in [3.8, 4) is 0 Å². The Morgan fingerprint density at radius 3 is 2.58 bits per heavy atom. The summed E-state index contributed by atoms with van der Waals surface area (Å²) in [5, 5.41) is 0. The summed E-state index contributed by atoms with van der Waals surface area (Å²) in [7, 11) is 0. The van der Waals surface area contributed by atoms with Crippen LogP contribution in [0.1, 0.15) is 51.9 Å². The van der Waals surface area contributed by atoms with Crippen LogP contribution in [-0.2, 0) is 9.53 Å². The highest BCUT2D eigenvalue weighted by molar-refractivity contribution is 5.76. The minimum atomic E-state index is 0.267. The zero-order valence-corrected chi connectivity index (χ0v) is 12.1. The van der Waals surface area contributed by atoms with Gasteiger partial charge in [0.2, 0.25) is 5.91 Å². The second-order valence-corrected chi connectivity index (χ2v) is 6.05. The molecule has 1 unspecified atom stereocenters. The lowest BCUT2D eigenvalue weighted by Crippen LogP contribution is -2.38. The molecule has 0 aromatic rings. The van der Waals surface area contributed by atoms with Crippen molar-refractivity contribution in [1.29, 1.82) is 0 Å². The van der Waals surface area contributed by atoms with Gasteiger partial charge < -0.3 is 15.4 Å². The third-order valence-corrected chi connectivity index (χ3v) is 4.54. The number of nitrogens with two attached hydrogens (primary N) is 1. The van der Waals surface area contributed by atoms with Crippen LogP contribution >= 0.6 is 0 Å². The molecule has 1 amide bonds. The Morgan fingerprint density at radius 2 is 2.00 bits per heavy atom. The molecule has 0 aromatic heterocycles. The van der Waals surface area contributed by atoms with Crippen molar-refractivity contribution >= 4 is 5.91 Å². The molecule has 0 radical (unpaired) electrons. The zero-order valence-electron chi connectivity index (χ0n) is 12.1. The number of amides is 1. The summed E-state index contributed by atoms with van der Waals surface area (Å²) >= 11 is 0. The second kappa shape index (κ2) is 7.25. The molecule has 4 heteroatoms. The van der Waals surface area contributed by atoms with Gasteiger partial charge in [-0.3, -0.25) is 4.79 Å². The number of hydrogen-bond donors (Lipinski definition) is 1. The van der Waals surface area contributed by atoms with Gasteiger partial charge in [-0.15, -0.1) is 0 Å². The van der Waals surface area contributed by atoms with E-state index in [4.69, 9.17) is 10.5 Å². The van der Waals surface area contributed by atoms with Crippen molar-refractivity contribution in [2.24, 2.45) is 11.7 Å². The summed E-state index contributed by atoms with van der Waals surface area (Å²) in [5.74, 6) is 0.851. The molecular formula is C15H28N2O2. The monoisotopic (exact) mass is 268 g/mol. The first kappa shape index (κ1) is 14.8. The largest absolute Gasteiger partial charge is 0.376 e. The van der Waals surface area contributed by atoms with Crippen LogP contribution in [0.25, 0.3) is 0 Å². The zero-order chi connectivity index (χ0) is 13.7. The number of ether oxygens (including phenoxy) is 1. The highest BCUT2D eigenvalue weighted by Crippen LogP contribution is 2.26. The van der Waals surface area contributed by atoms with Crippen LogP contribution in [0.5, 0.6) is 0 Å². The maximum Gasteiger partial charge on any atom is 0.222 e. The van der Waals surface area contributed by atoms with E-state index in [9.17, 15) is 4.79 Å². The molecule has 0 spiro atoms. The van der Waals surface area contributed by atoms with E-state index in [-0.39, 0.29) is 6.10 Å². The lowest BCUT2D eigenvalue weighted by atomic mass is 9.84. The van der Waals surface area contributed by atoms with Crippen molar-refractivity contribution in [3.05, 3.63) is 0 Å². The van der Waals surface area contributed by atoms with Gasteiger partial charge in [-0.25, -0.2) is 0 Å². The molecule has 2 rings (SSSR count). The summed E-state index contributed by atoms with van der Waals surface area (Å²) < 4.78 is 5.63. The molecule has 0 aromatic carbocycles. The highest BCUT2D eigenvalue weighted by Gasteiger charge is 2.25. The number of hydrogen-bond acceptors (Lipinski definition) is 3. The number of carbonyl (C=O) groups excluding carboxylic acids is 1. The SMILES string of the molecule is CCN(CC1CCCO1)C(=O)CC1CCC(N)CC1. The predicted octanol–water partition coefficient (Wildman–Crippen LogP) is 1.92. The van der Waals surface area contributed by atoms with Crippen LogP contribution in [0, 0.1) is 5.92 Å². The van der Waals surface area contributed by atoms with E-state index >= 15 is 0 Å². The summed E-state index contributed by atoms with van der Waals surface area (Å²) in [6.07, 6.45) is 7.59. The predicted molar refractivity (Wildman–Crippen MR) is 75.8 cm³/mol. The first-order valence-electron chi connectivity index (χ1n) is 7.84. The minimum absolute atomic E-state index is 0.267. The topological polar surface area (TPSA) is 55.6 Å².